The largest absolute Gasteiger partial charge is 0.463 e. The van der Waals surface area contributed by atoms with Crippen molar-refractivity contribution in [3.63, 3.8) is 0 Å². The molecule has 0 radical (unpaired) electrons. The molecule has 0 fully saturated rings. The molecular weight excluding hydrogens is 394 g/mol. The van der Waals surface area contributed by atoms with E-state index in [0.29, 0.717) is 13.2 Å². The van der Waals surface area contributed by atoms with Crippen LogP contribution in [0.1, 0.15) is 30.0 Å². The Morgan fingerprint density at radius 1 is 0.935 bits per heavy atom. The second kappa shape index (κ2) is 11.7. The Labute approximate surface area is 183 Å². The Kier molecular flexibility index (Phi) is 9.03. The summed E-state index contributed by atoms with van der Waals surface area (Å²) in [6, 6.07) is 15.2. The number of carbonyl (C=O) groups excluding carboxylic acids is 2. The predicted octanol–water partition coefficient (Wildman–Crippen LogP) is 3.75. The molecule has 164 valence electrons. The zero-order chi connectivity index (χ0) is 22.7. The minimum atomic E-state index is -1.14. The van der Waals surface area contributed by atoms with Crippen molar-refractivity contribution in [2.24, 2.45) is 0 Å². The Morgan fingerprint density at radius 2 is 1.45 bits per heavy atom. The summed E-state index contributed by atoms with van der Waals surface area (Å²) in [5, 5.41) is 14.2. The molecule has 6 nitrogen and oxygen atoms in total. The number of benzene rings is 2. The summed E-state index contributed by atoms with van der Waals surface area (Å²) in [7, 11) is 0. The van der Waals surface area contributed by atoms with Crippen LogP contribution in [0, 0.1) is 0 Å². The molecule has 0 spiro atoms. The number of carbonyl (C=O) groups is 2. The number of aliphatic hydroxyl groups is 1. The molecule has 2 aromatic rings. The van der Waals surface area contributed by atoms with E-state index < -0.39 is 17.5 Å². The molecule has 0 bridgehead atoms. The van der Waals surface area contributed by atoms with Gasteiger partial charge in [0.15, 0.2) is 0 Å². The van der Waals surface area contributed by atoms with E-state index in [2.05, 4.69) is 18.5 Å². The zero-order valence-corrected chi connectivity index (χ0v) is 17.8. The topological polar surface area (TPSA) is 84.9 Å². The van der Waals surface area contributed by atoms with E-state index in [-0.39, 0.29) is 6.61 Å². The van der Waals surface area contributed by atoms with Gasteiger partial charge in [-0.25, -0.2) is 9.59 Å². The van der Waals surface area contributed by atoms with Crippen molar-refractivity contribution in [3.05, 3.63) is 90.5 Å². The second-order valence-electron chi connectivity index (χ2n) is 7.12. The van der Waals surface area contributed by atoms with E-state index in [0.717, 1.165) is 47.4 Å². The van der Waals surface area contributed by atoms with Crippen LogP contribution in [0.15, 0.2) is 73.8 Å². The highest BCUT2D eigenvalue weighted by molar-refractivity contribution is 5.81. The zero-order valence-electron chi connectivity index (χ0n) is 17.8. The fourth-order valence-electron chi connectivity index (χ4n) is 2.99. The van der Waals surface area contributed by atoms with Gasteiger partial charge in [0, 0.05) is 24.4 Å². The van der Waals surface area contributed by atoms with Gasteiger partial charge in [0.05, 0.1) is 6.61 Å². The maximum atomic E-state index is 11.1. The summed E-state index contributed by atoms with van der Waals surface area (Å²) < 4.78 is 9.90. The van der Waals surface area contributed by atoms with Crippen LogP contribution in [0.25, 0.3) is 0 Å². The summed E-state index contributed by atoms with van der Waals surface area (Å²) in [5.74, 6) is -0.862. The van der Waals surface area contributed by atoms with Crippen molar-refractivity contribution < 1.29 is 24.2 Å². The van der Waals surface area contributed by atoms with Gasteiger partial charge in [0.1, 0.15) is 12.2 Å². The fourth-order valence-corrected chi connectivity index (χ4v) is 2.99. The van der Waals surface area contributed by atoms with Gasteiger partial charge < -0.3 is 19.9 Å². The molecule has 6 heteroatoms. The highest BCUT2D eigenvalue weighted by Crippen LogP contribution is 2.30. The molecule has 2 aromatic carbocycles. The Morgan fingerprint density at radius 3 is 2.00 bits per heavy atom. The van der Waals surface area contributed by atoms with Crippen molar-refractivity contribution in [2.45, 2.75) is 25.4 Å². The van der Waals surface area contributed by atoms with Crippen LogP contribution >= 0.6 is 0 Å². The molecule has 31 heavy (non-hydrogen) atoms. The number of rotatable bonds is 12. The van der Waals surface area contributed by atoms with Crippen molar-refractivity contribution in [1.29, 1.82) is 0 Å². The average Bonchev–Trinajstić information content (AvgIpc) is 2.79. The molecule has 1 unspecified atom stereocenters. The number of aryl methyl sites for hydroxylation is 1. The maximum Gasteiger partial charge on any atom is 0.330 e. The van der Waals surface area contributed by atoms with Crippen molar-refractivity contribution in [1.82, 2.24) is 0 Å². The third kappa shape index (κ3) is 7.42. The Hall–Kier alpha value is -3.38. The van der Waals surface area contributed by atoms with Crippen LogP contribution in [0.2, 0.25) is 0 Å². The van der Waals surface area contributed by atoms with E-state index in [1.54, 1.807) is 6.92 Å². The highest BCUT2D eigenvalue weighted by Gasteiger charge is 2.25. The summed E-state index contributed by atoms with van der Waals surface area (Å²) in [6.07, 6.45) is 3.77. The number of anilines is 1. The quantitative estimate of drug-likeness (QED) is 0.307. The second-order valence-corrected chi connectivity index (χ2v) is 7.12. The molecule has 0 saturated carbocycles. The lowest BCUT2D eigenvalue weighted by atomic mass is 9.87. The van der Waals surface area contributed by atoms with Gasteiger partial charge in [0.2, 0.25) is 0 Å². The first-order valence-corrected chi connectivity index (χ1v) is 10.1. The number of nitrogens with one attached hydrogen (secondary N) is 1. The highest BCUT2D eigenvalue weighted by atomic mass is 16.5. The fraction of sp³-hybridized carbons (Fsp3) is 0.280. The predicted molar refractivity (Wildman–Crippen MR) is 121 cm³/mol. The van der Waals surface area contributed by atoms with Gasteiger partial charge in [-0.05, 0) is 48.6 Å². The molecule has 1 atom stereocenters. The van der Waals surface area contributed by atoms with Crippen LogP contribution in [-0.2, 0) is 31.1 Å². The van der Waals surface area contributed by atoms with Crippen LogP contribution in [0.3, 0.4) is 0 Å². The van der Waals surface area contributed by atoms with Gasteiger partial charge in [-0.3, -0.25) is 0 Å². The maximum absolute atomic E-state index is 11.1. The molecular formula is C25H29NO5. The number of esters is 2. The first-order valence-electron chi connectivity index (χ1n) is 10.1. The van der Waals surface area contributed by atoms with Crippen molar-refractivity contribution in [2.75, 3.05) is 25.1 Å². The molecule has 0 aliphatic carbocycles. The lowest BCUT2D eigenvalue weighted by molar-refractivity contribution is -0.138. The lowest BCUT2D eigenvalue weighted by Gasteiger charge is -2.25. The van der Waals surface area contributed by atoms with Crippen molar-refractivity contribution >= 4 is 17.6 Å². The Bertz CT molecular complexity index is 812. The third-order valence-corrected chi connectivity index (χ3v) is 4.83. The summed E-state index contributed by atoms with van der Waals surface area (Å²) in [4.78, 5) is 22.1. The van der Waals surface area contributed by atoms with Gasteiger partial charge in [0.25, 0.3) is 0 Å². The first-order chi connectivity index (χ1) is 14.9. The summed E-state index contributed by atoms with van der Waals surface area (Å²) in [6.45, 7) is 9.54. The van der Waals surface area contributed by atoms with E-state index in [1.807, 2.05) is 48.5 Å². The number of hydrogen-bond donors (Lipinski definition) is 2. The van der Waals surface area contributed by atoms with E-state index in [9.17, 15) is 14.7 Å². The van der Waals surface area contributed by atoms with Crippen LogP contribution in [-0.4, -0.2) is 36.8 Å². The van der Waals surface area contributed by atoms with Crippen LogP contribution < -0.4 is 5.32 Å². The normalized spacial score (nSPS) is 12.3. The molecule has 0 aromatic heterocycles. The van der Waals surface area contributed by atoms with Gasteiger partial charge in [-0.1, -0.05) is 49.6 Å². The van der Waals surface area contributed by atoms with Gasteiger partial charge in [-0.15, -0.1) is 0 Å². The molecule has 0 aliphatic rings. The van der Waals surface area contributed by atoms with E-state index in [4.69, 9.17) is 9.47 Å². The van der Waals surface area contributed by atoms with Crippen LogP contribution in [0.5, 0.6) is 0 Å². The minimum Gasteiger partial charge on any atom is -0.463 e. The smallest absolute Gasteiger partial charge is 0.330 e. The average molecular weight is 424 g/mol. The molecule has 0 amide bonds. The Balaban J connectivity index is 1.90. The third-order valence-electron chi connectivity index (χ3n) is 4.83. The minimum absolute atomic E-state index is 0.243. The molecule has 0 heterocycles. The molecule has 0 saturated heterocycles. The van der Waals surface area contributed by atoms with Gasteiger partial charge >= 0.3 is 11.9 Å². The van der Waals surface area contributed by atoms with E-state index >= 15 is 0 Å². The molecule has 2 N–H and O–H groups in total. The number of ether oxygens (including phenoxy) is 2. The van der Waals surface area contributed by atoms with E-state index in [1.165, 1.54) is 0 Å². The van der Waals surface area contributed by atoms with Gasteiger partial charge in [-0.2, -0.15) is 0 Å². The number of hydrogen-bond acceptors (Lipinski definition) is 6. The monoisotopic (exact) mass is 423 g/mol. The van der Waals surface area contributed by atoms with Crippen LogP contribution in [0.4, 0.5) is 5.69 Å². The summed E-state index contributed by atoms with van der Waals surface area (Å²) in [5.41, 5.74) is 2.37. The summed E-state index contributed by atoms with van der Waals surface area (Å²) >= 11 is 0. The standard InChI is InChI=1S/C25H29NO5/c1-4-23(27)30-17-6-7-19-8-10-20(11-9-19)25(3,29)21-12-14-22(15-13-21)26-16-18-31-24(28)5-2/h4-5,8-15,26,29H,1-2,6-7,16-18H2,3H3. The molecule has 0 aliphatic heterocycles. The SMILES string of the molecule is C=CC(=O)OCCCc1ccc(C(C)(O)c2ccc(NCCOC(=O)C=C)cc2)cc1. The lowest BCUT2D eigenvalue weighted by Crippen LogP contribution is -2.22. The molecule has 2 rings (SSSR count). The van der Waals surface area contributed by atoms with Crippen molar-refractivity contribution in [3.8, 4) is 0 Å². The first kappa shape index (κ1) is 23.9.